The molecule has 9 heteroatoms. The van der Waals surface area contributed by atoms with Crippen molar-refractivity contribution in [1.82, 2.24) is 20.4 Å². The Kier molecular flexibility index (Phi) is 6.76. The molecule has 0 aliphatic rings. The molecule has 0 spiro atoms. The number of nitrogens with one attached hydrogen (secondary N) is 4. The third-order valence-electron chi connectivity index (χ3n) is 6.98. The number of aromatic nitrogens is 3. The number of hydroxylamine groups is 1. The molecule has 9 nitrogen and oxygen atoms in total. The number of anilines is 2. The van der Waals surface area contributed by atoms with Crippen molar-refractivity contribution in [2.45, 2.75) is 34.2 Å². The van der Waals surface area contributed by atoms with Gasteiger partial charge in [-0.1, -0.05) is 42.5 Å². The smallest absolute Gasteiger partial charge is 0.250 e. The van der Waals surface area contributed by atoms with Gasteiger partial charge in [-0.25, -0.2) is 15.4 Å². The maximum Gasteiger partial charge on any atom is 0.250 e. The van der Waals surface area contributed by atoms with Crippen molar-refractivity contribution in [1.29, 1.82) is 0 Å². The first kappa shape index (κ1) is 24.9. The van der Waals surface area contributed by atoms with Gasteiger partial charge in [0.05, 0.1) is 16.2 Å². The number of H-pyrrole nitrogens is 1. The highest BCUT2D eigenvalue weighted by molar-refractivity contribution is 5.99. The Morgan fingerprint density at radius 3 is 2.25 bits per heavy atom. The average molecular weight is 487 g/mol. The molecular weight excluding hydrogens is 456 g/mol. The molecular formula is C27H30N6O3. The number of nitrogens with zero attached hydrogens (tertiary/aromatic N) is 2. The first-order chi connectivity index (χ1) is 17.1. The fraction of sp³-hybridized carbons (Fsp3) is 0.259. The Hall–Kier alpha value is -4.24. The molecule has 0 radical (unpaired) electrons. The summed E-state index contributed by atoms with van der Waals surface area (Å²) in [5.74, 6) is -0.219. The molecule has 5 N–H and O–H groups in total. The lowest BCUT2D eigenvalue weighted by molar-refractivity contribution is -0.150. The first-order valence-electron chi connectivity index (χ1n) is 11.6. The second kappa shape index (κ2) is 9.79. The van der Waals surface area contributed by atoms with E-state index in [9.17, 15) is 9.59 Å². The number of fused-ring (bicyclic) bond motifs is 1. The first-order valence-corrected chi connectivity index (χ1v) is 11.6. The SMILES string of the molecule is CC(C)(C(=O)NO)C(C)(C)C(=O)Nc1ccc(-c2cc3c(NCc4ccccc4)ncnc3[nH]2)cc1. The van der Waals surface area contributed by atoms with Crippen molar-refractivity contribution in [3.05, 3.63) is 72.6 Å². The molecule has 36 heavy (non-hydrogen) atoms. The van der Waals surface area contributed by atoms with Crippen molar-refractivity contribution in [2.75, 3.05) is 10.6 Å². The number of amides is 2. The van der Waals surface area contributed by atoms with Gasteiger partial charge in [-0.05, 0) is 57.0 Å². The number of benzene rings is 2. The third-order valence-corrected chi connectivity index (χ3v) is 6.98. The highest BCUT2D eigenvalue weighted by Crippen LogP contribution is 2.39. The summed E-state index contributed by atoms with van der Waals surface area (Å²) in [6.45, 7) is 7.21. The van der Waals surface area contributed by atoms with Gasteiger partial charge in [-0.2, -0.15) is 0 Å². The van der Waals surface area contributed by atoms with Crippen LogP contribution in [0.3, 0.4) is 0 Å². The lowest BCUT2D eigenvalue weighted by Crippen LogP contribution is -2.51. The zero-order valence-corrected chi connectivity index (χ0v) is 20.7. The van der Waals surface area contributed by atoms with Crippen LogP contribution in [-0.4, -0.2) is 32.0 Å². The Morgan fingerprint density at radius 1 is 0.917 bits per heavy atom. The highest BCUT2D eigenvalue weighted by atomic mass is 16.5. The van der Waals surface area contributed by atoms with E-state index in [0.717, 1.165) is 33.7 Å². The van der Waals surface area contributed by atoms with Crippen LogP contribution >= 0.6 is 0 Å². The molecule has 4 aromatic rings. The van der Waals surface area contributed by atoms with E-state index in [1.54, 1.807) is 45.3 Å². The highest BCUT2D eigenvalue weighted by Gasteiger charge is 2.48. The van der Waals surface area contributed by atoms with Crippen LogP contribution in [0.15, 0.2) is 67.0 Å². The van der Waals surface area contributed by atoms with Gasteiger partial charge in [0.15, 0.2) is 0 Å². The van der Waals surface area contributed by atoms with Crippen LogP contribution in [0.25, 0.3) is 22.3 Å². The molecule has 2 aromatic heterocycles. The van der Waals surface area contributed by atoms with Gasteiger partial charge >= 0.3 is 0 Å². The summed E-state index contributed by atoms with van der Waals surface area (Å²) in [5, 5.41) is 16.2. The molecule has 0 saturated carbocycles. The quantitative estimate of drug-likeness (QED) is 0.181. The standard InChI is InChI=1S/C27H30N6O3/c1-26(2,27(3,4)25(35)33-36)24(34)31-19-12-10-18(11-13-19)21-14-20-22(29-16-30-23(20)32-21)28-15-17-8-6-5-7-9-17/h5-14,16,36H,15H2,1-4H3,(H,31,34)(H,33,35)(H2,28,29,30,32). The molecule has 2 aromatic carbocycles. The van der Waals surface area contributed by atoms with Gasteiger partial charge in [0.25, 0.3) is 0 Å². The monoisotopic (exact) mass is 486 g/mol. The fourth-order valence-corrected chi connectivity index (χ4v) is 3.75. The number of hydrogen-bond donors (Lipinski definition) is 5. The topological polar surface area (TPSA) is 132 Å². The molecule has 0 bridgehead atoms. The number of carbonyl (C=O) groups excluding carboxylic acids is 2. The van der Waals surface area contributed by atoms with Gasteiger partial charge in [0.2, 0.25) is 11.8 Å². The summed E-state index contributed by atoms with van der Waals surface area (Å²) in [5.41, 5.74) is 3.68. The molecule has 2 heterocycles. The molecule has 186 valence electrons. The van der Waals surface area contributed by atoms with Gasteiger partial charge < -0.3 is 15.6 Å². The second-order valence-electron chi connectivity index (χ2n) is 9.73. The van der Waals surface area contributed by atoms with E-state index in [0.29, 0.717) is 12.2 Å². The summed E-state index contributed by atoms with van der Waals surface area (Å²) in [6, 6.07) is 19.5. The van der Waals surface area contributed by atoms with Gasteiger partial charge in [0.1, 0.15) is 17.8 Å². The Balaban J connectivity index is 1.50. The van der Waals surface area contributed by atoms with E-state index in [-0.39, 0.29) is 5.91 Å². The van der Waals surface area contributed by atoms with Crippen LogP contribution in [0.4, 0.5) is 11.5 Å². The predicted octanol–water partition coefficient (Wildman–Crippen LogP) is 4.73. The Labute approximate surface area is 209 Å². The summed E-state index contributed by atoms with van der Waals surface area (Å²) in [7, 11) is 0. The summed E-state index contributed by atoms with van der Waals surface area (Å²) < 4.78 is 0. The summed E-state index contributed by atoms with van der Waals surface area (Å²) >= 11 is 0. The normalized spacial score (nSPS) is 11.8. The van der Waals surface area contributed by atoms with Crippen LogP contribution in [0.2, 0.25) is 0 Å². The van der Waals surface area contributed by atoms with E-state index < -0.39 is 16.7 Å². The van der Waals surface area contributed by atoms with E-state index >= 15 is 0 Å². The van der Waals surface area contributed by atoms with Crippen LogP contribution in [0.1, 0.15) is 33.3 Å². The Morgan fingerprint density at radius 2 is 1.58 bits per heavy atom. The van der Waals surface area contributed by atoms with Crippen LogP contribution in [-0.2, 0) is 16.1 Å². The van der Waals surface area contributed by atoms with E-state index in [1.165, 1.54) is 6.33 Å². The van der Waals surface area contributed by atoms with Crippen molar-refractivity contribution in [2.24, 2.45) is 10.8 Å². The molecule has 2 amide bonds. The number of hydrogen-bond acceptors (Lipinski definition) is 6. The zero-order valence-electron chi connectivity index (χ0n) is 20.7. The minimum absolute atomic E-state index is 0.334. The van der Waals surface area contributed by atoms with E-state index in [2.05, 4.69) is 37.7 Å². The van der Waals surface area contributed by atoms with Crippen molar-refractivity contribution in [3.8, 4) is 11.3 Å². The van der Waals surface area contributed by atoms with Gasteiger partial charge in [0, 0.05) is 17.9 Å². The van der Waals surface area contributed by atoms with Crippen molar-refractivity contribution < 1.29 is 14.8 Å². The lowest BCUT2D eigenvalue weighted by atomic mass is 9.66. The summed E-state index contributed by atoms with van der Waals surface area (Å²) in [6.07, 6.45) is 1.52. The molecule has 0 aliphatic carbocycles. The fourth-order valence-electron chi connectivity index (χ4n) is 3.75. The minimum atomic E-state index is -1.14. The van der Waals surface area contributed by atoms with Crippen LogP contribution in [0, 0.1) is 10.8 Å². The molecule has 0 atom stereocenters. The van der Waals surface area contributed by atoms with Gasteiger partial charge in [-0.15, -0.1) is 0 Å². The average Bonchev–Trinajstić information content (AvgIpc) is 3.32. The number of rotatable bonds is 8. The van der Waals surface area contributed by atoms with E-state index in [1.807, 2.05) is 36.4 Å². The van der Waals surface area contributed by atoms with E-state index in [4.69, 9.17) is 5.21 Å². The molecule has 0 unspecified atom stereocenters. The largest absolute Gasteiger partial charge is 0.365 e. The molecule has 0 saturated heterocycles. The molecule has 4 rings (SSSR count). The maximum atomic E-state index is 13.0. The van der Waals surface area contributed by atoms with Gasteiger partial charge in [-0.3, -0.25) is 14.8 Å². The maximum absolute atomic E-state index is 13.0. The lowest BCUT2D eigenvalue weighted by Gasteiger charge is -2.38. The second-order valence-corrected chi connectivity index (χ2v) is 9.73. The van der Waals surface area contributed by atoms with Crippen molar-refractivity contribution in [3.63, 3.8) is 0 Å². The molecule has 0 aliphatic heterocycles. The van der Waals surface area contributed by atoms with Crippen LogP contribution < -0.4 is 16.1 Å². The molecule has 0 fully saturated rings. The zero-order chi connectivity index (χ0) is 25.9. The van der Waals surface area contributed by atoms with Crippen LogP contribution in [0.5, 0.6) is 0 Å². The minimum Gasteiger partial charge on any atom is -0.365 e. The van der Waals surface area contributed by atoms with Crippen molar-refractivity contribution >= 4 is 34.4 Å². The number of aromatic amines is 1. The third kappa shape index (κ3) is 4.78. The Bertz CT molecular complexity index is 1380. The predicted molar refractivity (Wildman–Crippen MR) is 139 cm³/mol. The summed E-state index contributed by atoms with van der Waals surface area (Å²) in [4.78, 5) is 37.2. The number of carbonyl (C=O) groups is 2.